The van der Waals surface area contributed by atoms with Gasteiger partial charge in [-0.05, 0) is 25.7 Å². The van der Waals surface area contributed by atoms with Crippen molar-refractivity contribution >= 4 is 0 Å². The largest absolute Gasteiger partial charge is 0.553 e. The van der Waals surface area contributed by atoms with Crippen LogP contribution in [-0.2, 0) is 0 Å². The Morgan fingerprint density at radius 1 is 0.933 bits per heavy atom. The lowest BCUT2D eigenvalue weighted by Gasteiger charge is -2.20. The van der Waals surface area contributed by atoms with Crippen molar-refractivity contribution in [2.24, 2.45) is 11.5 Å². The number of hydrogen-bond donors (Lipinski definition) is 2. The van der Waals surface area contributed by atoms with Crippen molar-refractivity contribution in [3.8, 4) is 0 Å². The SMILES string of the molecule is NC1CC=C([OH+]C2=CCC(N)CC2)CC1. The summed E-state index contributed by atoms with van der Waals surface area (Å²) >= 11 is 0. The summed E-state index contributed by atoms with van der Waals surface area (Å²) in [6.45, 7) is 0. The molecule has 2 rings (SSSR count). The molecule has 2 unspecified atom stereocenters. The lowest BCUT2D eigenvalue weighted by Crippen LogP contribution is -2.24. The smallest absolute Gasteiger partial charge is 0.231 e. The Morgan fingerprint density at radius 2 is 1.40 bits per heavy atom. The highest BCUT2D eigenvalue weighted by atomic mass is 16.5. The molecule has 0 saturated heterocycles. The van der Waals surface area contributed by atoms with Crippen LogP contribution in [0.4, 0.5) is 0 Å². The molecule has 5 N–H and O–H groups in total. The number of aliphatic hydroxyl groups is 2. The summed E-state index contributed by atoms with van der Waals surface area (Å²) < 4.78 is 4.68. The summed E-state index contributed by atoms with van der Waals surface area (Å²) in [5.41, 5.74) is 11.7. The van der Waals surface area contributed by atoms with Crippen LogP contribution in [0.15, 0.2) is 23.7 Å². The summed E-state index contributed by atoms with van der Waals surface area (Å²) in [5, 5.41) is 0. The number of rotatable bonds is 2. The summed E-state index contributed by atoms with van der Waals surface area (Å²) in [6, 6.07) is 0.690. The molecule has 0 heterocycles. The number of allylic oxidation sites excluding steroid dienone is 2. The van der Waals surface area contributed by atoms with Gasteiger partial charge < -0.3 is 16.2 Å². The van der Waals surface area contributed by atoms with E-state index in [0.29, 0.717) is 12.1 Å². The highest BCUT2D eigenvalue weighted by Crippen LogP contribution is 2.23. The van der Waals surface area contributed by atoms with Gasteiger partial charge in [-0.3, -0.25) is 0 Å². The second kappa shape index (κ2) is 4.81. The number of nitrogens with two attached hydrogens (primary N) is 2. The van der Waals surface area contributed by atoms with Gasteiger partial charge in [-0.25, -0.2) is 0 Å². The highest BCUT2D eigenvalue weighted by molar-refractivity contribution is 5.07. The topological polar surface area (TPSA) is 64.8 Å². The van der Waals surface area contributed by atoms with Crippen molar-refractivity contribution in [2.75, 3.05) is 0 Å². The van der Waals surface area contributed by atoms with Crippen LogP contribution >= 0.6 is 0 Å². The Morgan fingerprint density at radius 3 is 1.73 bits per heavy atom. The molecule has 3 nitrogen and oxygen atoms in total. The quantitative estimate of drug-likeness (QED) is 0.682. The molecule has 84 valence electrons. The molecular weight excluding hydrogens is 188 g/mol. The van der Waals surface area contributed by atoms with Gasteiger partial charge in [-0.2, -0.15) is 0 Å². The molecule has 0 bridgehead atoms. The minimum atomic E-state index is 0.345. The van der Waals surface area contributed by atoms with Crippen LogP contribution in [0.2, 0.25) is 0 Å². The van der Waals surface area contributed by atoms with Gasteiger partial charge in [0.15, 0.2) is 0 Å². The first-order valence-corrected chi connectivity index (χ1v) is 5.85. The maximum Gasteiger partial charge on any atom is 0.231 e. The third-order valence-corrected chi connectivity index (χ3v) is 3.14. The van der Waals surface area contributed by atoms with E-state index in [-0.39, 0.29) is 0 Å². The number of ether oxygens (including phenoxy) is 1. The zero-order valence-electron chi connectivity index (χ0n) is 9.15. The van der Waals surface area contributed by atoms with E-state index >= 15 is 0 Å². The molecule has 0 radical (unpaired) electrons. The minimum Gasteiger partial charge on any atom is -0.553 e. The molecule has 0 aromatic carbocycles. The predicted octanol–water partition coefficient (Wildman–Crippen LogP) is 1.87. The first-order valence-electron chi connectivity index (χ1n) is 5.85. The van der Waals surface area contributed by atoms with E-state index < -0.39 is 0 Å². The molecule has 2 aliphatic carbocycles. The maximum absolute atomic E-state index is 5.83. The van der Waals surface area contributed by atoms with Crippen LogP contribution in [0.3, 0.4) is 0 Å². The molecule has 2 aliphatic rings. The lowest BCUT2D eigenvalue weighted by molar-refractivity contribution is 0.0820. The first kappa shape index (κ1) is 10.7. The molecule has 3 heteroatoms. The van der Waals surface area contributed by atoms with Crippen molar-refractivity contribution < 1.29 is 4.74 Å². The molecule has 0 aliphatic heterocycles. The molecule has 0 aromatic rings. The van der Waals surface area contributed by atoms with E-state index in [0.717, 1.165) is 38.5 Å². The minimum absolute atomic E-state index is 0.345. The van der Waals surface area contributed by atoms with Gasteiger partial charge in [-0.1, -0.05) is 0 Å². The monoisotopic (exact) mass is 209 g/mol. The Hall–Kier alpha value is -0.800. The Bertz CT molecular complexity index is 255. The van der Waals surface area contributed by atoms with Crippen molar-refractivity contribution in [1.29, 1.82) is 0 Å². The second-order valence-corrected chi connectivity index (χ2v) is 4.57. The second-order valence-electron chi connectivity index (χ2n) is 4.57. The predicted molar refractivity (Wildman–Crippen MR) is 62.4 cm³/mol. The van der Waals surface area contributed by atoms with E-state index in [9.17, 15) is 0 Å². The molecule has 0 saturated carbocycles. The van der Waals surface area contributed by atoms with Crippen LogP contribution in [0.5, 0.6) is 0 Å². The summed E-state index contributed by atoms with van der Waals surface area (Å²) in [6.07, 6.45) is 10.5. The van der Waals surface area contributed by atoms with E-state index in [1.165, 1.54) is 11.5 Å². The van der Waals surface area contributed by atoms with Gasteiger partial charge in [0.05, 0.1) is 12.8 Å². The summed E-state index contributed by atoms with van der Waals surface area (Å²) in [4.78, 5) is 0. The third-order valence-electron chi connectivity index (χ3n) is 3.14. The van der Waals surface area contributed by atoms with Crippen LogP contribution in [0.1, 0.15) is 38.5 Å². The fourth-order valence-electron chi connectivity index (χ4n) is 2.07. The summed E-state index contributed by atoms with van der Waals surface area (Å²) in [5.74, 6) is 2.44. The molecule has 15 heavy (non-hydrogen) atoms. The third kappa shape index (κ3) is 3.08. The molecule has 0 amide bonds. The molecule has 2 atom stereocenters. The molecular formula is C12H21N2O+. The van der Waals surface area contributed by atoms with Crippen LogP contribution in [0.25, 0.3) is 0 Å². The van der Waals surface area contributed by atoms with Crippen LogP contribution in [0, 0.1) is 0 Å². The van der Waals surface area contributed by atoms with Crippen LogP contribution in [-0.4, -0.2) is 16.8 Å². The fourth-order valence-corrected chi connectivity index (χ4v) is 2.07. The van der Waals surface area contributed by atoms with Crippen molar-refractivity contribution in [3.05, 3.63) is 23.7 Å². The van der Waals surface area contributed by atoms with E-state index in [1.54, 1.807) is 0 Å². The normalized spacial score (nSPS) is 31.9. The fraction of sp³-hybridized carbons (Fsp3) is 0.667. The zero-order chi connectivity index (χ0) is 10.7. The molecule has 0 fully saturated rings. The van der Waals surface area contributed by atoms with Crippen molar-refractivity contribution in [2.45, 2.75) is 50.6 Å². The van der Waals surface area contributed by atoms with Gasteiger partial charge in [0, 0.05) is 24.2 Å². The Balaban J connectivity index is 1.87. The molecule has 0 aromatic heterocycles. The number of hydrogen-bond acceptors (Lipinski definition) is 2. The van der Waals surface area contributed by atoms with Gasteiger partial charge >= 0.3 is 0 Å². The van der Waals surface area contributed by atoms with Crippen LogP contribution < -0.4 is 11.5 Å². The Kier molecular flexibility index (Phi) is 3.44. The Labute approximate surface area is 91.2 Å². The van der Waals surface area contributed by atoms with E-state index in [1.807, 2.05) is 0 Å². The van der Waals surface area contributed by atoms with Gasteiger partial charge in [0.2, 0.25) is 11.5 Å². The van der Waals surface area contributed by atoms with Crippen molar-refractivity contribution in [1.82, 2.24) is 0 Å². The average Bonchev–Trinajstić information content (AvgIpc) is 2.25. The lowest BCUT2D eigenvalue weighted by atomic mass is 10.00. The van der Waals surface area contributed by atoms with Gasteiger partial charge in [0.25, 0.3) is 0 Å². The van der Waals surface area contributed by atoms with E-state index in [4.69, 9.17) is 11.5 Å². The zero-order valence-corrected chi connectivity index (χ0v) is 9.15. The van der Waals surface area contributed by atoms with Gasteiger partial charge in [0.1, 0.15) is 0 Å². The van der Waals surface area contributed by atoms with E-state index in [2.05, 4.69) is 16.9 Å². The maximum atomic E-state index is 5.83. The highest BCUT2D eigenvalue weighted by Gasteiger charge is 2.19. The molecule has 0 spiro atoms. The summed E-state index contributed by atoms with van der Waals surface area (Å²) in [7, 11) is 0. The van der Waals surface area contributed by atoms with Crippen molar-refractivity contribution in [3.63, 3.8) is 0 Å². The first-order chi connectivity index (χ1) is 7.24. The standard InChI is InChI=1S/C12H20N2O/c13-9-1-5-11(6-2-9)15-12-7-3-10(14)4-8-12/h5,7,9-10H,1-4,6,8,13-14H2/p+1. The average molecular weight is 209 g/mol. The van der Waals surface area contributed by atoms with Gasteiger partial charge in [-0.15, -0.1) is 0 Å².